The SMILES string of the molecule is CCCCCCCCCCC(C#Cc1ccccc1)N1CCCCC1. The van der Waals surface area contributed by atoms with E-state index >= 15 is 0 Å². The number of piperidine rings is 1. The Balaban J connectivity index is 1.76. The van der Waals surface area contributed by atoms with E-state index < -0.39 is 0 Å². The van der Waals surface area contributed by atoms with Crippen LogP contribution in [0.3, 0.4) is 0 Å². The third-order valence-corrected chi connectivity index (χ3v) is 5.32. The summed E-state index contributed by atoms with van der Waals surface area (Å²) in [6.07, 6.45) is 16.5. The predicted octanol–water partition coefficient (Wildman–Crippen LogP) is 6.42. The Labute approximate surface area is 156 Å². The normalized spacial score (nSPS) is 16.2. The molecule has 2 rings (SSSR count). The van der Waals surface area contributed by atoms with Crippen LogP contribution in [0.15, 0.2) is 30.3 Å². The van der Waals surface area contributed by atoms with E-state index in [0.717, 1.165) is 5.56 Å². The summed E-state index contributed by atoms with van der Waals surface area (Å²) < 4.78 is 0. The molecule has 1 nitrogen and oxygen atoms in total. The minimum absolute atomic E-state index is 0.459. The summed E-state index contributed by atoms with van der Waals surface area (Å²) in [5.74, 6) is 7.03. The topological polar surface area (TPSA) is 3.24 Å². The van der Waals surface area contributed by atoms with Crippen LogP contribution in [0.4, 0.5) is 0 Å². The number of benzene rings is 1. The van der Waals surface area contributed by atoms with Crippen LogP contribution in [-0.2, 0) is 0 Å². The van der Waals surface area contributed by atoms with Gasteiger partial charge in [0.2, 0.25) is 0 Å². The molecule has 1 unspecified atom stereocenters. The summed E-state index contributed by atoms with van der Waals surface area (Å²) in [6, 6.07) is 10.9. The fourth-order valence-corrected chi connectivity index (χ4v) is 3.74. The molecule has 0 amide bonds. The molecule has 1 aromatic carbocycles. The first kappa shape index (κ1) is 20.1. The molecule has 1 saturated heterocycles. The molecular weight excluding hydrogens is 302 g/mol. The average molecular weight is 340 g/mol. The summed E-state index contributed by atoms with van der Waals surface area (Å²) in [5, 5.41) is 0. The van der Waals surface area contributed by atoms with Gasteiger partial charge in [0.1, 0.15) is 0 Å². The third-order valence-electron chi connectivity index (χ3n) is 5.32. The maximum absolute atomic E-state index is 3.60. The van der Waals surface area contributed by atoms with Gasteiger partial charge in [-0.25, -0.2) is 0 Å². The van der Waals surface area contributed by atoms with Gasteiger partial charge >= 0.3 is 0 Å². The lowest BCUT2D eigenvalue weighted by Crippen LogP contribution is -2.38. The van der Waals surface area contributed by atoms with Gasteiger partial charge in [-0.3, -0.25) is 4.90 Å². The van der Waals surface area contributed by atoms with Gasteiger partial charge in [0.25, 0.3) is 0 Å². The molecular formula is C24H37N. The highest BCUT2D eigenvalue weighted by atomic mass is 15.2. The number of hydrogen-bond acceptors (Lipinski definition) is 1. The molecule has 25 heavy (non-hydrogen) atoms. The van der Waals surface area contributed by atoms with Crippen molar-refractivity contribution >= 4 is 0 Å². The van der Waals surface area contributed by atoms with Crippen molar-refractivity contribution in [2.75, 3.05) is 13.1 Å². The molecule has 0 saturated carbocycles. The molecule has 0 spiro atoms. The van der Waals surface area contributed by atoms with E-state index in [0.29, 0.717) is 6.04 Å². The van der Waals surface area contributed by atoms with Crippen LogP contribution in [0, 0.1) is 11.8 Å². The molecule has 1 fully saturated rings. The monoisotopic (exact) mass is 339 g/mol. The molecule has 1 aromatic rings. The van der Waals surface area contributed by atoms with Crippen molar-refractivity contribution in [1.82, 2.24) is 4.90 Å². The van der Waals surface area contributed by atoms with Crippen molar-refractivity contribution in [2.45, 2.75) is 90.0 Å². The highest BCUT2D eigenvalue weighted by Gasteiger charge is 2.18. The van der Waals surface area contributed by atoms with Crippen molar-refractivity contribution in [2.24, 2.45) is 0 Å². The second kappa shape index (κ2) is 13.0. The second-order valence-corrected chi connectivity index (χ2v) is 7.51. The zero-order valence-corrected chi connectivity index (χ0v) is 16.3. The lowest BCUT2D eigenvalue weighted by Gasteiger charge is -2.31. The quantitative estimate of drug-likeness (QED) is 0.351. The fourth-order valence-electron chi connectivity index (χ4n) is 3.74. The Kier molecular flexibility index (Phi) is 10.4. The second-order valence-electron chi connectivity index (χ2n) is 7.51. The molecule has 138 valence electrons. The van der Waals surface area contributed by atoms with Crippen LogP contribution in [-0.4, -0.2) is 24.0 Å². The number of unbranched alkanes of at least 4 members (excludes halogenated alkanes) is 7. The summed E-state index contributed by atoms with van der Waals surface area (Å²) in [4.78, 5) is 2.64. The van der Waals surface area contributed by atoms with E-state index in [-0.39, 0.29) is 0 Å². The first-order valence-corrected chi connectivity index (χ1v) is 10.7. The maximum atomic E-state index is 3.60. The zero-order chi connectivity index (χ0) is 17.6. The molecule has 1 aliphatic heterocycles. The maximum Gasteiger partial charge on any atom is 0.0718 e. The van der Waals surface area contributed by atoms with Gasteiger partial charge in [-0.15, -0.1) is 0 Å². The van der Waals surface area contributed by atoms with Gasteiger partial charge in [-0.1, -0.05) is 94.8 Å². The van der Waals surface area contributed by atoms with Crippen LogP contribution in [0.25, 0.3) is 0 Å². The molecule has 0 N–H and O–H groups in total. The van der Waals surface area contributed by atoms with Gasteiger partial charge in [-0.2, -0.15) is 0 Å². The molecule has 0 bridgehead atoms. The molecule has 1 atom stereocenters. The van der Waals surface area contributed by atoms with Gasteiger partial charge in [0, 0.05) is 5.56 Å². The van der Waals surface area contributed by atoms with Crippen molar-refractivity contribution in [1.29, 1.82) is 0 Å². The lowest BCUT2D eigenvalue weighted by atomic mass is 10.0. The molecule has 0 aromatic heterocycles. The molecule has 0 radical (unpaired) electrons. The fraction of sp³-hybridized carbons (Fsp3) is 0.667. The predicted molar refractivity (Wildman–Crippen MR) is 110 cm³/mol. The number of nitrogens with zero attached hydrogens (tertiary/aromatic N) is 1. The van der Waals surface area contributed by atoms with Crippen LogP contribution in [0.2, 0.25) is 0 Å². The van der Waals surface area contributed by atoms with Crippen LogP contribution in [0.1, 0.15) is 89.5 Å². The minimum atomic E-state index is 0.459. The Hall–Kier alpha value is -1.26. The van der Waals surface area contributed by atoms with Crippen molar-refractivity contribution in [3.8, 4) is 11.8 Å². The smallest absolute Gasteiger partial charge is 0.0718 e. The molecule has 0 aliphatic carbocycles. The average Bonchev–Trinajstić information content (AvgIpc) is 2.68. The van der Waals surface area contributed by atoms with Gasteiger partial charge < -0.3 is 0 Å². The van der Waals surface area contributed by atoms with Gasteiger partial charge in [0.15, 0.2) is 0 Å². The van der Waals surface area contributed by atoms with E-state index in [1.54, 1.807) is 0 Å². The van der Waals surface area contributed by atoms with E-state index in [9.17, 15) is 0 Å². The van der Waals surface area contributed by atoms with Crippen LogP contribution in [0.5, 0.6) is 0 Å². The van der Waals surface area contributed by atoms with Gasteiger partial charge in [-0.05, 0) is 44.5 Å². The largest absolute Gasteiger partial charge is 0.290 e. The van der Waals surface area contributed by atoms with Crippen LogP contribution >= 0.6 is 0 Å². The van der Waals surface area contributed by atoms with Gasteiger partial charge in [0.05, 0.1) is 6.04 Å². The molecule has 1 heteroatoms. The lowest BCUT2D eigenvalue weighted by molar-refractivity contribution is 0.186. The molecule has 1 aliphatic rings. The standard InChI is InChI=1S/C24H37N/c1-2-3-4-5-6-7-8-13-18-24(25-21-14-10-15-22-25)20-19-23-16-11-9-12-17-23/h9,11-12,16-17,24H,2-8,10,13-15,18,21-22H2,1H3. The summed E-state index contributed by atoms with van der Waals surface area (Å²) >= 11 is 0. The minimum Gasteiger partial charge on any atom is -0.290 e. The number of rotatable bonds is 10. The Bertz CT molecular complexity index is 490. The number of hydrogen-bond donors (Lipinski definition) is 0. The highest BCUT2D eigenvalue weighted by molar-refractivity contribution is 5.34. The number of likely N-dealkylation sites (tertiary alicyclic amines) is 1. The third kappa shape index (κ3) is 8.59. The van der Waals surface area contributed by atoms with E-state index in [4.69, 9.17) is 0 Å². The Morgan fingerprint density at radius 1 is 0.840 bits per heavy atom. The highest BCUT2D eigenvalue weighted by Crippen LogP contribution is 2.17. The van der Waals surface area contributed by atoms with E-state index in [1.165, 1.54) is 90.1 Å². The molecule has 1 heterocycles. The Morgan fingerprint density at radius 2 is 1.48 bits per heavy atom. The van der Waals surface area contributed by atoms with E-state index in [1.807, 2.05) is 0 Å². The van der Waals surface area contributed by atoms with Crippen molar-refractivity contribution < 1.29 is 0 Å². The van der Waals surface area contributed by atoms with Crippen molar-refractivity contribution in [3.63, 3.8) is 0 Å². The summed E-state index contributed by atoms with van der Waals surface area (Å²) in [6.45, 7) is 4.77. The summed E-state index contributed by atoms with van der Waals surface area (Å²) in [7, 11) is 0. The first-order valence-electron chi connectivity index (χ1n) is 10.7. The zero-order valence-electron chi connectivity index (χ0n) is 16.3. The Morgan fingerprint density at radius 3 is 2.16 bits per heavy atom. The van der Waals surface area contributed by atoms with Crippen LogP contribution < -0.4 is 0 Å². The summed E-state index contributed by atoms with van der Waals surface area (Å²) in [5.41, 5.74) is 1.15. The van der Waals surface area contributed by atoms with Crippen molar-refractivity contribution in [3.05, 3.63) is 35.9 Å². The first-order chi connectivity index (χ1) is 12.4. The van der Waals surface area contributed by atoms with E-state index in [2.05, 4.69) is 54.0 Å².